The lowest BCUT2D eigenvalue weighted by molar-refractivity contribution is -0.130. The predicted molar refractivity (Wildman–Crippen MR) is 93.3 cm³/mol. The molecule has 1 fully saturated rings. The van der Waals surface area contributed by atoms with Crippen molar-refractivity contribution in [3.05, 3.63) is 45.3 Å². The van der Waals surface area contributed by atoms with Gasteiger partial charge < -0.3 is 5.32 Å². The second-order valence-electron chi connectivity index (χ2n) is 5.87. The average molecular weight is 435 g/mol. The standard InChI is InChI=1S/C16H15BrClF2N3O2/c17-11-5-9(18)6-21-15(11)22-14-10(3-4-12(19)13(14)20)16(24)23-25-7-8-1-2-8/h3-6,8,13-14H,1-2,7H2,(H,21,22)(H,23,24). The van der Waals surface area contributed by atoms with Gasteiger partial charge in [-0.1, -0.05) is 11.6 Å². The molecule has 2 aliphatic rings. The predicted octanol–water partition coefficient (Wildman–Crippen LogP) is 3.87. The fraction of sp³-hybridized carbons (Fsp3) is 0.375. The number of allylic oxidation sites excluding steroid dienone is 2. The number of hydroxylamine groups is 1. The first-order valence-electron chi connectivity index (χ1n) is 7.66. The van der Waals surface area contributed by atoms with Crippen LogP contribution in [0.2, 0.25) is 5.02 Å². The van der Waals surface area contributed by atoms with Crippen molar-refractivity contribution < 1.29 is 18.4 Å². The zero-order valence-corrected chi connectivity index (χ0v) is 15.3. The Labute approximate surface area is 156 Å². The molecule has 1 heterocycles. The highest BCUT2D eigenvalue weighted by Crippen LogP contribution is 2.31. The van der Waals surface area contributed by atoms with Crippen LogP contribution in [0.4, 0.5) is 14.6 Å². The summed E-state index contributed by atoms with van der Waals surface area (Å²) in [7, 11) is 0. The maximum Gasteiger partial charge on any atom is 0.272 e. The molecular formula is C16H15BrClF2N3O2. The lowest BCUT2D eigenvalue weighted by Gasteiger charge is -2.27. The van der Waals surface area contributed by atoms with Crippen LogP contribution in [0.25, 0.3) is 0 Å². The summed E-state index contributed by atoms with van der Waals surface area (Å²) in [4.78, 5) is 21.4. The van der Waals surface area contributed by atoms with Crippen LogP contribution in [-0.4, -0.2) is 29.7 Å². The first kappa shape index (κ1) is 18.3. The van der Waals surface area contributed by atoms with Crippen molar-refractivity contribution in [2.45, 2.75) is 25.1 Å². The molecule has 0 aromatic carbocycles. The number of carbonyl (C=O) groups excluding carboxylic acids is 1. The van der Waals surface area contributed by atoms with Crippen molar-refractivity contribution in [3.8, 4) is 0 Å². The fourth-order valence-corrected chi connectivity index (χ4v) is 3.04. The topological polar surface area (TPSA) is 63.2 Å². The molecule has 1 aromatic heterocycles. The number of nitrogens with zero attached hydrogens (tertiary/aromatic N) is 1. The zero-order valence-electron chi connectivity index (χ0n) is 12.9. The molecule has 2 aliphatic carbocycles. The second-order valence-corrected chi connectivity index (χ2v) is 7.16. The third-order valence-corrected chi connectivity index (χ3v) is 4.67. The highest BCUT2D eigenvalue weighted by atomic mass is 79.9. The summed E-state index contributed by atoms with van der Waals surface area (Å²) in [5.41, 5.74) is 2.29. The van der Waals surface area contributed by atoms with E-state index in [0.717, 1.165) is 18.9 Å². The van der Waals surface area contributed by atoms with Crippen LogP contribution in [0.5, 0.6) is 0 Å². The van der Waals surface area contributed by atoms with E-state index >= 15 is 0 Å². The zero-order chi connectivity index (χ0) is 18.0. The summed E-state index contributed by atoms with van der Waals surface area (Å²) in [5, 5.41) is 3.12. The number of amides is 1. The summed E-state index contributed by atoms with van der Waals surface area (Å²) in [6.07, 6.45) is 3.63. The first-order valence-corrected chi connectivity index (χ1v) is 8.84. The highest BCUT2D eigenvalue weighted by molar-refractivity contribution is 9.10. The molecule has 0 aliphatic heterocycles. The van der Waals surface area contributed by atoms with Crippen molar-refractivity contribution in [2.75, 3.05) is 11.9 Å². The molecule has 0 radical (unpaired) electrons. The minimum Gasteiger partial charge on any atom is -0.359 e. The summed E-state index contributed by atoms with van der Waals surface area (Å²) < 4.78 is 28.5. The molecule has 1 amide bonds. The summed E-state index contributed by atoms with van der Waals surface area (Å²) in [5.74, 6) is -0.910. The number of halogens is 4. The van der Waals surface area contributed by atoms with E-state index in [1.54, 1.807) is 6.07 Å². The molecule has 0 saturated heterocycles. The Balaban J connectivity index is 1.74. The largest absolute Gasteiger partial charge is 0.359 e. The molecule has 1 aromatic rings. The average Bonchev–Trinajstić information content (AvgIpc) is 3.38. The van der Waals surface area contributed by atoms with E-state index in [2.05, 4.69) is 31.7 Å². The van der Waals surface area contributed by atoms with Crippen LogP contribution in [0, 0.1) is 5.92 Å². The van der Waals surface area contributed by atoms with Crippen molar-refractivity contribution in [1.29, 1.82) is 0 Å². The molecule has 1 saturated carbocycles. The normalized spacial score (nSPS) is 22.9. The van der Waals surface area contributed by atoms with E-state index in [-0.39, 0.29) is 11.4 Å². The van der Waals surface area contributed by atoms with E-state index in [0.29, 0.717) is 22.0 Å². The van der Waals surface area contributed by atoms with Gasteiger partial charge in [-0.05, 0) is 52.9 Å². The minimum absolute atomic E-state index is 0.00773. The van der Waals surface area contributed by atoms with Gasteiger partial charge in [-0.2, -0.15) is 0 Å². The quantitative estimate of drug-likeness (QED) is 0.667. The molecule has 134 valence electrons. The Morgan fingerprint density at radius 2 is 2.20 bits per heavy atom. The summed E-state index contributed by atoms with van der Waals surface area (Å²) in [6.45, 7) is 0.407. The van der Waals surface area contributed by atoms with Crippen LogP contribution in [0.3, 0.4) is 0 Å². The number of aromatic nitrogens is 1. The number of alkyl halides is 1. The van der Waals surface area contributed by atoms with Crippen LogP contribution < -0.4 is 10.8 Å². The number of anilines is 1. The fourth-order valence-electron chi connectivity index (χ4n) is 2.29. The van der Waals surface area contributed by atoms with Gasteiger partial charge in [0.05, 0.1) is 22.1 Å². The number of nitrogens with one attached hydrogen (secondary N) is 2. The lowest BCUT2D eigenvalue weighted by atomic mass is 9.95. The van der Waals surface area contributed by atoms with Crippen LogP contribution >= 0.6 is 27.5 Å². The smallest absolute Gasteiger partial charge is 0.272 e. The third kappa shape index (κ3) is 4.56. The van der Waals surface area contributed by atoms with E-state index in [9.17, 15) is 13.6 Å². The van der Waals surface area contributed by atoms with Crippen LogP contribution in [-0.2, 0) is 9.63 Å². The second kappa shape index (κ2) is 7.80. The molecule has 2 N–H and O–H groups in total. The van der Waals surface area contributed by atoms with Crippen molar-refractivity contribution >= 4 is 39.3 Å². The monoisotopic (exact) mass is 433 g/mol. The molecule has 0 bridgehead atoms. The molecule has 25 heavy (non-hydrogen) atoms. The van der Waals surface area contributed by atoms with Crippen molar-refractivity contribution in [1.82, 2.24) is 10.5 Å². The van der Waals surface area contributed by atoms with Gasteiger partial charge in [0.2, 0.25) is 0 Å². The van der Waals surface area contributed by atoms with Gasteiger partial charge in [-0.25, -0.2) is 19.2 Å². The van der Waals surface area contributed by atoms with Gasteiger partial charge in [-0.15, -0.1) is 0 Å². The molecular weight excluding hydrogens is 420 g/mol. The molecule has 5 nitrogen and oxygen atoms in total. The number of hydrogen-bond donors (Lipinski definition) is 2. The van der Waals surface area contributed by atoms with Crippen molar-refractivity contribution in [3.63, 3.8) is 0 Å². The number of hydrogen-bond acceptors (Lipinski definition) is 4. The number of rotatable bonds is 6. The van der Waals surface area contributed by atoms with E-state index in [4.69, 9.17) is 16.4 Å². The third-order valence-electron chi connectivity index (χ3n) is 3.86. The maximum absolute atomic E-state index is 14.4. The van der Waals surface area contributed by atoms with Gasteiger partial charge in [-0.3, -0.25) is 9.63 Å². The van der Waals surface area contributed by atoms with Gasteiger partial charge in [0, 0.05) is 11.8 Å². The Bertz CT molecular complexity index is 740. The van der Waals surface area contributed by atoms with E-state index in [1.807, 2.05) is 0 Å². The minimum atomic E-state index is -2.03. The lowest BCUT2D eigenvalue weighted by Crippen LogP contribution is -2.42. The van der Waals surface area contributed by atoms with E-state index < -0.39 is 23.9 Å². The first-order chi connectivity index (χ1) is 12.0. The van der Waals surface area contributed by atoms with Crippen molar-refractivity contribution in [2.24, 2.45) is 5.92 Å². The van der Waals surface area contributed by atoms with Gasteiger partial charge in [0.25, 0.3) is 5.91 Å². The molecule has 9 heteroatoms. The Hall–Kier alpha value is -1.51. The molecule has 2 unspecified atom stereocenters. The Morgan fingerprint density at radius 1 is 1.44 bits per heavy atom. The molecule has 3 rings (SSSR count). The molecule has 2 atom stereocenters. The Kier molecular flexibility index (Phi) is 5.71. The number of pyridine rings is 1. The van der Waals surface area contributed by atoms with E-state index in [1.165, 1.54) is 12.3 Å². The van der Waals surface area contributed by atoms with Crippen LogP contribution in [0.1, 0.15) is 12.8 Å². The summed E-state index contributed by atoms with van der Waals surface area (Å²) in [6, 6.07) is 0.306. The highest BCUT2D eigenvalue weighted by Gasteiger charge is 2.35. The molecule has 0 spiro atoms. The Morgan fingerprint density at radius 3 is 2.88 bits per heavy atom. The van der Waals surface area contributed by atoms with Gasteiger partial charge >= 0.3 is 0 Å². The SMILES string of the molecule is O=C(NOCC1CC1)C1=CC=C(F)C(F)C1Nc1ncc(Cl)cc1Br. The van der Waals surface area contributed by atoms with Gasteiger partial charge in [0.1, 0.15) is 11.6 Å². The summed E-state index contributed by atoms with van der Waals surface area (Å²) >= 11 is 9.07. The maximum atomic E-state index is 14.4. The number of carbonyl (C=O) groups is 1. The van der Waals surface area contributed by atoms with Gasteiger partial charge in [0.15, 0.2) is 6.17 Å². The van der Waals surface area contributed by atoms with Crippen LogP contribution in [0.15, 0.2) is 40.3 Å².